The van der Waals surface area contributed by atoms with Gasteiger partial charge in [0, 0.05) is 18.5 Å². The van der Waals surface area contributed by atoms with Gasteiger partial charge in [0.05, 0.1) is 0 Å². The third-order valence-corrected chi connectivity index (χ3v) is 5.51. The summed E-state index contributed by atoms with van der Waals surface area (Å²) in [4.78, 5) is 30.2. The molecule has 1 aliphatic rings. The van der Waals surface area contributed by atoms with Crippen LogP contribution in [0.3, 0.4) is 0 Å². The molecular formula is C18H19N5O3S. The van der Waals surface area contributed by atoms with Crippen LogP contribution in [0.5, 0.6) is 0 Å². The molecule has 0 spiro atoms. The van der Waals surface area contributed by atoms with Gasteiger partial charge in [-0.3, -0.25) is 4.79 Å². The van der Waals surface area contributed by atoms with E-state index in [1.54, 1.807) is 11.6 Å². The third-order valence-electron chi connectivity index (χ3n) is 4.75. The number of carbonyl (C=O) groups is 1. The van der Waals surface area contributed by atoms with E-state index in [0.717, 1.165) is 12.8 Å². The van der Waals surface area contributed by atoms with Crippen LogP contribution in [0.2, 0.25) is 0 Å². The number of aromatic nitrogens is 2. The molecule has 0 aliphatic carbocycles. The van der Waals surface area contributed by atoms with Crippen LogP contribution >= 0.6 is 11.3 Å². The maximum absolute atomic E-state index is 12.6. The van der Waals surface area contributed by atoms with E-state index >= 15 is 0 Å². The molecule has 1 aromatic carbocycles. The zero-order valence-corrected chi connectivity index (χ0v) is 15.4. The van der Waals surface area contributed by atoms with Crippen molar-refractivity contribution in [3.63, 3.8) is 0 Å². The summed E-state index contributed by atoms with van der Waals surface area (Å²) in [5.41, 5.74) is 1.26. The molecule has 27 heavy (non-hydrogen) atoms. The summed E-state index contributed by atoms with van der Waals surface area (Å²) in [6.07, 6.45) is 4.05. The molecule has 1 saturated heterocycles. The fourth-order valence-electron chi connectivity index (χ4n) is 3.42. The van der Waals surface area contributed by atoms with Crippen LogP contribution in [0.25, 0.3) is 4.96 Å². The number of hydrogen-bond donors (Lipinski definition) is 1. The lowest BCUT2D eigenvalue weighted by Crippen LogP contribution is -2.34. The first kappa shape index (κ1) is 17.5. The van der Waals surface area contributed by atoms with Gasteiger partial charge in [-0.1, -0.05) is 41.7 Å². The molecule has 3 heterocycles. The van der Waals surface area contributed by atoms with E-state index in [2.05, 4.69) is 22.4 Å². The Morgan fingerprint density at radius 3 is 2.93 bits per heavy atom. The lowest BCUT2D eigenvalue weighted by atomic mass is 10.1. The lowest BCUT2D eigenvalue weighted by Gasteiger charge is -2.17. The van der Waals surface area contributed by atoms with Crippen molar-refractivity contribution in [1.29, 1.82) is 0 Å². The summed E-state index contributed by atoms with van der Waals surface area (Å²) in [7, 11) is 0. The van der Waals surface area contributed by atoms with Crippen LogP contribution in [-0.2, 0) is 11.2 Å². The van der Waals surface area contributed by atoms with Crippen LogP contribution < -0.4 is 5.32 Å². The van der Waals surface area contributed by atoms with Gasteiger partial charge < -0.3 is 20.3 Å². The van der Waals surface area contributed by atoms with Gasteiger partial charge in [0.2, 0.25) is 11.7 Å². The molecular weight excluding hydrogens is 366 g/mol. The topological polar surface area (TPSA) is 92.8 Å². The molecule has 1 atom stereocenters. The highest BCUT2D eigenvalue weighted by Gasteiger charge is 2.34. The van der Waals surface area contributed by atoms with Gasteiger partial charge in [0.15, 0.2) is 0 Å². The first-order valence-electron chi connectivity index (χ1n) is 8.82. The van der Waals surface area contributed by atoms with Crippen molar-refractivity contribution in [1.82, 2.24) is 14.3 Å². The third kappa shape index (κ3) is 3.50. The number of nitrogens with zero attached hydrogens (tertiary/aromatic N) is 4. The van der Waals surface area contributed by atoms with Crippen molar-refractivity contribution in [2.75, 3.05) is 18.4 Å². The van der Waals surface area contributed by atoms with E-state index in [-0.39, 0.29) is 17.5 Å². The Morgan fingerprint density at radius 1 is 1.33 bits per heavy atom. The summed E-state index contributed by atoms with van der Waals surface area (Å²) >= 11 is 1.32. The quantitative estimate of drug-likeness (QED) is 0.499. The molecule has 2 aromatic heterocycles. The Morgan fingerprint density at radius 2 is 2.15 bits per heavy atom. The Bertz CT molecular complexity index is 968. The van der Waals surface area contributed by atoms with Crippen molar-refractivity contribution >= 4 is 33.8 Å². The average Bonchev–Trinajstić information content (AvgIpc) is 3.32. The van der Waals surface area contributed by atoms with E-state index < -0.39 is 11.0 Å². The minimum absolute atomic E-state index is 0.0197. The number of nitro groups is 1. The molecule has 1 aliphatic heterocycles. The maximum atomic E-state index is 12.6. The second-order valence-electron chi connectivity index (χ2n) is 6.50. The van der Waals surface area contributed by atoms with Gasteiger partial charge in [0.1, 0.15) is 12.2 Å². The molecule has 1 unspecified atom stereocenters. The predicted octanol–water partition coefficient (Wildman–Crippen LogP) is 2.95. The highest BCUT2D eigenvalue weighted by atomic mass is 32.1. The average molecular weight is 385 g/mol. The lowest BCUT2D eigenvalue weighted by molar-refractivity contribution is -0.389. The SMILES string of the molecule is O=C1C(Nc2nc3sccn3c2[N+](=O)[O-])CCN1CCCc1ccccc1. The predicted molar refractivity (Wildman–Crippen MR) is 103 cm³/mol. The second kappa shape index (κ2) is 7.36. The fraction of sp³-hybridized carbons (Fsp3) is 0.333. The summed E-state index contributed by atoms with van der Waals surface area (Å²) in [5.74, 6) is 0.0200. The minimum Gasteiger partial charge on any atom is -0.358 e. The Balaban J connectivity index is 1.38. The number of aryl methyl sites for hydroxylation is 1. The summed E-state index contributed by atoms with van der Waals surface area (Å²) < 4.78 is 1.43. The minimum atomic E-state index is -0.468. The second-order valence-corrected chi connectivity index (χ2v) is 7.37. The van der Waals surface area contributed by atoms with Gasteiger partial charge in [-0.15, -0.1) is 0 Å². The molecule has 4 rings (SSSR count). The fourth-order valence-corrected chi connectivity index (χ4v) is 4.13. The van der Waals surface area contributed by atoms with Gasteiger partial charge in [-0.2, -0.15) is 9.38 Å². The van der Waals surface area contributed by atoms with Crippen LogP contribution in [0, 0.1) is 10.1 Å². The van der Waals surface area contributed by atoms with Crippen LogP contribution in [-0.4, -0.2) is 44.2 Å². The number of hydrogen-bond acceptors (Lipinski definition) is 6. The largest absolute Gasteiger partial charge is 0.372 e. The van der Waals surface area contributed by atoms with Gasteiger partial charge >= 0.3 is 5.82 Å². The standard InChI is InChI=1S/C18H19N5O3S/c24-17-14(8-10-21(17)9-4-7-13-5-2-1-3-6-13)19-15-16(23(25)26)22-11-12-27-18(22)20-15/h1-3,5-6,11-12,14,19H,4,7-10H2. The molecule has 1 fully saturated rings. The van der Waals surface area contributed by atoms with Gasteiger partial charge in [0.25, 0.3) is 4.96 Å². The van der Waals surface area contributed by atoms with E-state index in [0.29, 0.717) is 24.5 Å². The number of imidazole rings is 1. The molecule has 140 valence electrons. The molecule has 0 saturated carbocycles. The Hall–Kier alpha value is -2.94. The van der Waals surface area contributed by atoms with E-state index in [1.807, 2.05) is 23.1 Å². The molecule has 3 aromatic rings. The van der Waals surface area contributed by atoms with Crippen molar-refractivity contribution in [2.45, 2.75) is 25.3 Å². The number of fused-ring (bicyclic) bond motifs is 1. The van der Waals surface area contributed by atoms with Crippen LogP contribution in [0.4, 0.5) is 11.6 Å². The molecule has 8 nitrogen and oxygen atoms in total. The smallest absolute Gasteiger partial charge is 0.358 e. The van der Waals surface area contributed by atoms with Crippen LogP contribution in [0.15, 0.2) is 41.9 Å². The highest BCUT2D eigenvalue weighted by Crippen LogP contribution is 2.29. The monoisotopic (exact) mass is 385 g/mol. The number of amides is 1. The highest BCUT2D eigenvalue weighted by molar-refractivity contribution is 7.15. The molecule has 0 bridgehead atoms. The summed E-state index contributed by atoms with van der Waals surface area (Å²) in [6.45, 7) is 1.34. The number of thiazole rings is 1. The molecule has 0 radical (unpaired) electrons. The van der Waals surface area contributed by atoms with Crippen molar-refractivity contribution in [2.24, 2.45) is 0 Å². The summed E-state index contributed by atoms with van der Waals surface area (Å²) in [5, 5.41) is 16.1. The normalized spacial score (nSPS) is 17.0. The molecule has 1 N–H and O–H groups in total. The first-order valence-corrected chi connectivity index (χ1v) is 9.70. The van der Waals surface area contributed by atoms with Gasteiger partial charge in [-0.25, -0.2) is 0 Å². The number of benzene rings is 1. The molecule has 9 heteroatoms. The summed E-state index contributed by atoms with van der Waals surface area (Å²) in [6, 6.07) is 9.71. The number of nitrogens with one attached hydrogen (secondary N) is 1. The Kier molecular flexibility index (Phi) is 4.76. The number of anilines is 1. The Labute approximate surface area is 159 Å². The zero-order valence-electron chi connectivity index (χ0n) is 14.6. The van der Waals surface area contributed by atoms with E-state index in [1.165, 1.54) is 21.3 Å². The van der Waals surface area contributed by atoms with E-state index in [9.17, 15) is 14.9 Å². The van der Waals surface area contributed by atoms with Crippen LogP contribution in [0.1, 0.15) is 18.4 Å². The first-order chi connectivity index (χ1) is 13.1. The van der Waals surface area contributed by atoms with E-state index in [4.69, 9.17) is 0 Å². The van der Waals surface area contributed by atoms with Crippen molar-refractivity contribution in [3.05, 3.63) is 57.6 Å². The zero-order chi connectivity index (χ0) is 18.8. The van der Waals surface area contributed by atoms with Crippen molar-refractivity contribution in [3.8, 4) is 0 Å². The molecule has 1 amide bonds. The van der Waals surface area contributed by atoms with Gasteiger partial charge in [-0.05, 0) is 29.7 Å². The number of rotatable bonds is 7. The van der Waals surface area contributed by atoms with Crippen molar-refractivity contribution < 1.29 is 9.72 Å². The number of carbonyl (C=O) groups excluding carboxylic acids is 1. The number of likely N-dealkylation sites (tertiary alicyclic amines) is 1. The maximum Gasteiger partial charge on any atom is 0.372 e.